The zero-order valence-corrected chi connectivity index (χ0v) is 14.2. The Labute approximate surface area is 136 Å². The van der Waals surface area contributed by atoms with Crippen LogP contribution in [0, 0.1) is 5.21 Å². The second-order valence-corrected chi connectivity index (χ2v) is 8.22. The molecule has 0 saturated heterocycles. The van der Waals surface area contributed by atoms with Crippen molar-refractivity contribution >= 4 is 21.2 Å². The van der Waals surface area contributed by atoms with Crippen LogP contribution in [0.5, 0.6) is 0 Å². The third-order valence-corrected chi connectivity index (χ3v) is 6.25. The summed E-state index contributed by atoms with van der Waals surface area (Å²) in [7, 11) is -0.330. The van der Waals surface area contributed by atoms with Crippen molar-refractivity contribution in [2.75, 3.05) is 25.5 Å². The molecule has 1 aliphatic rings. The molecule has 0 radical (unpaired) electrons. The van der Waals surface area contributed by atoms with Crippen LogP contribution in [-0.2, 0) is 9.84 Å². The lowest BCUT2D eigenvalue weighted by atomic mass is 10.2. The molecule has 0 bridgehead atoms. The lowest BCUT2D eigenvalue weighted by molar-refractivity contribution is -0.862. The topological polar surface area (TPSA) is 60.4 Å². The average molecular weight is 332 g/mol. The van der Waals surface area contributed by atoms with Gasteiger partial charge >= 0.3 is 0 Å². The fourth-order valence-corrected chi connectivity index (χ4v) is 4.38. The van der Waals surface area contributed by atoms with Crippen LogP contribution >= 0.6 is 0 Å². The molecule has 3 rings (SSSR count). The van der Waals surface area contributed by atoms with E-state index in [0.717, 1.165) is 0 Å². The summed E-state index contributed by atoms with van der Waals surface area (Å²) in [4.78, 5) is 2.53. The Kier molecular flexibility index (Phi) is 3.71. The average Bonchev–Trinajstić information content (AvgIpc) is 2.50. The Balaban J connectivity index is 2.18. The van der Waals surface area contributed by atoms with Crippen LogP contribution in [0.1, 0.15) is 6.92 Å². The monoisotopic (exact) mass is 332 g/mol. The lowest BCUT2D eigenvalue weighted by Crippen LogP contribution is -2.48. The van der Waals surface area contributed by atoms with Gasteiger partial charge in [-0.15, -0.1) is 0 Å². The van der Waals surface area contributed by atoms with Gasteiger partial charge in [-0.05, 0) is 31.2 Å². The van der Waals surface area contributed by atoms with E-state index < -0.39 is 14.5 Å². The van der Waals surface area contributed by atoms with Crippen LogP contribution in [0.4, 0.5) is 11.4 Å². The second-order valence-electron chi connectivity index (χ2n) is 6.33. The summed E-state index contributed by atoms with van der Waals surface area (Å²) in [6.45, 7) is 2.32. The van der Waals surface area contributed by atoms with Gasteiger partial charge in [0.15, 0.2) is 0 Å². The lowest BCUT2D eigenvalue weighted by Gasteiger charge is -2.43. The highest BCUT2D eigenvalue weighted by atomic mass is 32.2. The number of benzene rings is 2. The molecule has 2 aromatic rings. The standard InChI is InChI=1S/C17H20N2O3S/c1-13(19(2,3)20)12-18-14-8-4-6-10-16(14)23(21,22)17-11-7-5-9-15(17)18/h4-11,13H,12H2,1-3H3/t13-/m1/s1. The Morgan fingerprint density at radius 3 is 1.87 bits per heavy atom. The maximum atomic E-state index is 12.8. The predicted octanol–water partition coefficient (Wildman–Crippen LogP) is 2.93. The molecule has 0 aliphatic carbocycles. The highest BCUT2D eigenvalue weighted by Gasteiger charge is 2.35. The normalized spacial score (nSPS) is 17.3. The van der Waals surface area contributed by atoms with Crippen molar-refractivity contribution in [1.82, 2.24) is 0 Å². The van der Waals surface area contributed by atoms with Gasteiger partial charge in [0, 0.05) is 0 Å². The van der Waals surface area contributed by atoms with Crippen LogP contribution in [0.2, 0.25) is 0 Å². The van der Waals surface area contributed by atoms with Crippen molar-refractivity contribution in [3.8, 4) is 0 Å². The molecule has 0 saturated carbocycles. The number of hydroxylamine groups is 3. The van der Waals surface area contributed by atoms with Crippen LogP contribution < -0.4 is 4.90 Å². The summed E-state index contributed by atoms with van der Waals surface area (Å²) in [6, 6.07) is 13.7. The van der Waals surface area contributed by atoms with Gasteiger partial charge in [0.25, 0.3) is 0 Å². The predicted molar refractivity (Wildman–Crippen MR) is 90.3 cm³/mol. The quantitative estimate of drug-likeness (QED) is 0.640. The van der Waals surface area contributed by atoms with Crippen molar-refractivity contribution in [3.63, 3.8) is 0 Å². The molecule has 0 unspecified atom stereocenters. The Morgan fingerprint density at radius 1 is 1.00 bits per heavy atom. The third-order valence-electron chi connectivity index (χ3n) is 4.40. The molecule has 5 nitrogen and oxygen atoms in total. The molecule has 1 atom stereocenters. The highest BCUT2D eigenvalue weighted by Crippen LogP contribution is 2.43. The van der Waals surface area contributed by atoms with Crippen LogP contribution in [0.25, 0.3) is 0 Å². The largest absolute Gasteiger partial charge is 0.633 e. The van der Waals surface area contributed by atoms with E-state index in [-0.39, 0.29) is 6.04 Å². The molecule has 23 heavy (non-hydrogen) atoms. The number of fused-ring (bicyclic) bond motifs is 2. The summed E-state index contributed by atoms with van der Waals surface area (Å²) in [5.74, 6) is 0. The highest BCUT2D eigenvalue weighted by molar-refractivity contribution is 7.92. The number of sulfone groups is 1. The zero-order chi connectivity index (χ0) is 16.8. The molecule has 122 valence electrons. The first kappa shape index (κ1) is 16.0. The van der Waals surface area contributed by atoms with Crippen molar-refractivity contribution in [2.45, 2.75) is 22.8 Å². The Morgan fingerprint density at radius 2 is 1.43 bits per heavy atom. The van der Waals surface area contributed by atoms with E-state index in [0.29, 0.717) is 27.7 Å². The van der Waals surface area contributed by atoms with Crippen molar-refractivity contribution in [2.24, 2.45) is 0 Å². The first-order chi connectivity index (χ1) is 10.7. The number of hydrogen-bond donors (Lipinski definition) is 0. The molecule has 0 aromatic heterocycles. The fraction of sp³-hybridized carbons (Fsp3) is 0.294. The van der Waals surface area contributed by atoms with Gasteiger partial charge in [0.05, 0.1) is 41.8 Å². The first-order valence-electron chi connectivity index (χ1n) is 7.48. The Hall–Kier alpha value is -1.89. The summed E-state index contributed by atoms with van der Waals surface area (Å²) < 4.78 is 25.2. The number of quaternary nitrogens is 1. The van der Waals surface area contributed by atoms with Crippen molar-refractivity contribution in [3.05, 3.63) is 53.7 Å². The number of anilines is 2. The van der Waals surface area contributed by atoms with E-state index in [1.807, 2.05) is 24.0 Å². The van der Waals surface area contributed by atoms with E-state index in [2.05, 4.69) is 0 Å². The minimum atomic E-state index is -3.53. The van der Waals surface area contributed by atoms with Crippen LogP contribution in [-0.4, -0.2) is 39.7 Å². The molecule has 0 amide bonds. The molecule has 1 heterocycles. The fourth-order valence-electron chi connectivity index (χ4n) is 2.72. The molecule has 1 aliphatic heterocycles. The summed E-state index contributed by atoms with van der Waals surface area (Å²) in [5.41, 5.74) is 1.26. The van der Waals surface area contributed by atoms with E-state index in [9.17, 15) is 13.6 Å². The molecule has 2 aromatic carbocycles. The minimum absolute atomic E-state index is 0.211. The number of rotatable bonds is 3. The number of hydrogen-bond acceptors (Lipinski definition) is 4. The van der Waals surface area contributed by atoms with E-state index >= 15 is 0 Å². The SMILES string of the molecule is C[C@H](CN1c2ccccc2S(=O)(=O)c2ccccc21)[N+](C)(C)[O-]. The molecule has 0 fully saturated rings. The molecule has 6 heteroatoms. The molecular formula is C17H20N2O3S. The van der Waals surface area contributed by atoms with Gasteiger partial charge in [0.1, 0.15) is 6.04 Å². The van der Waals surface area contributed by atoms with E-state index in [1.54, 1.807) is 50.5 Å². The van der Waals surface area contributed by atoms with E-state index in [4.69, 9.17) is 0 Å². The van der Waals surface area contributed by atoms with Crippen LogP contribution in [0.15, 0.2) is 58.3 Å². The van der Waals surface area contributed by atoms with Gasteiger partial charge < -0.3 is 14.8 Å². The Bertz CT molecular complexity index is 787. The minimum Gasteiger partial charge on any atom is -0.633 e. The summed E-state index contributed by atoms with van der Waals surface area (Å²) in [5, 5.41) is 12.2. The number of para-hydroxylation sites is 2. The third kappa shape index (κ3) is 2.63. The second kappa shape index (κ2) is 5.33. The molecule has 0 N–H and O–H groups in total. The molecular weight excluding hydrogens is 312 g/mol. The van der Waals surface area contributed by atoms with Gasteiger partial charge in [-0.2, -0.15) is 0 Å². The summed E-state index contributed by atoms with van der Waals surface area (Å²) >= 11 is 0. The summed E-state index contributed by atoms with van der Waals surface area (Å²) in [6.07, 6.45) is 0. The zero-order valence-electron chi connectivity index (χ0n) is 13.4. The molecule has 0 spiro atoms. The van der Waals surface area contributed by atoms with E-state index in [1.165, 1.54) is 0 Å². The van der Waals surface area contributed by atoms with Gasteiger partial charge in [-0.25, -0.2) is 8.42 Å². The first-order valence-corrected chi connectivity index (χ1v) is 8.96. The number of likely N-dealkylation sites (N-methyl/N-ethyl adjacent to an activating group) is 1. The van der Waals surface area contributed by atoms with Gasteiger partial charge in [-0.3, -0.25) is 0 Å². The maximum absolute atomic E-state index is 12.8. The maximum Gasteiger partial charge on any atom is 0.210 e. The van der Waals surface area contributed by atoms with Gasteiger partial charge in [-0.1, -0.05) is 24.3 Å². The number of nitrogens with zero attached hydrogens (tertiary/aromatic N) is 2. The van der Waals surface area contributed by atoms with Gasteiger partial charge in [0.2, 0.25) is 9.84 Å². The van der Waals surface area contributed by atoms with Crippen molar-refractivity contribution < 1.29 is 13.1 Å². The van der Waals surface area contributed by atoms with Crippen molar-refractivity contribution in [1.29, 1.82) is 0 Å². The smallest absolute Gasteiger partial charge is 0.210 e. The van der Waals surface area contributed by atoms with Crippen LogP contribution in [0.3, 0.4) is 0 Å².